The van der Waals surface area contributed by atoms with Crippen molar-refractivity contribution in [3.8, 4) is 11.5 Å². The number of aromatic hydroxyl groups is 2. The molecule has 23 heavy (non-hydrogen) atoms. The van der Waals surface area contributed by atoms with Gasteiger partial charge in [-0.25, -0.2) is 0 Å². The molecule has 119 valence electrons. The SMILES string of the molecule is Oc1cccc2ccccc12.Oc1cccc2ccccc12.[Cu]. The van der Waals surface area contributed by atoms with Crippen LogP contribution in [0.2, 0.25) is 0 Å². The number of hydrogen-bond acceptors (Lipinski definition) is 2. The van der Waals surface area contributed by atoms with Crippen LogP contribution in [0.4, 0.5) is 0 Å². The largest absolute Gasteiger partial charge is 0.507 e. The molecule has 0 aliphatic carbocycles. The van der Waals surface area contributed by atoms with Gasteiger partial charge in [0.1, 0.15) is 11.5 Å². The first kappa shape index (κ1) is 16.9. The van der Waals surface area contributed by atoms with Gasteiger partial charge in [-0.2, -0.15) is 0 Å². The van der Waals surface area contributed by atoms with Crippen molar-refractivity contribution in [2.24, 2.45) is 0 Å². The first-order chi connectivity index (χ1) is 10.8. The van der Waals surface area contributed by atoms with E-state index in [4.69, 9.17) is 0 Å². The molecule has 0 aromatic heterocycles. The molecule has 0 unspecified atom stereocenters. The van der Waals surface area contributed by atoms with Gasteiger partial charge in [-0.05, 0) is 22.9 Å². The molecule has 4 aromatic carbocycles. The standard InChI is InChI=1S/2C10H8O.Cu/c2*11-10-7-3-5-8-4-1-2-6-9(8)10;/h2*1-7,11H;. The average molecular weight is 352 g/mol. The minimum Gasteiger partial charge on any atom is -0.507 e. The molecule has 0 fully saturated rings. The fourth-order valence-electron chi connectivity index (χ4n) is 2.42. The zero-order valence-corrected chi connectivity index (χ0v) is 13.2. The van der Waals surface area contributed by atoms with Crippen LogP contribution in [0.3, 0.4) is 0 Å². The third-order valence-corrected chi connectivity index (χ3v) is 3.53. The monoisotopic (exact) mass is 351 g/mol. The second-order valence-corrected chi connectivity index (χ2v) is 5.00. The number of benzene rings is 4. The molecular formula is C20H16CuO2. The molecule has 0 amide bonds. The summed E-state index contributed by atoms with van der Waals surface area (Å²) in [5.41, 5.74) is 0. The van der Waals surface area contributed by atoms with Crippen molar-refractivity contribution in [3.05, 3.63) is 84.9 Å². The molecular weight excluding hydrogens is 336 g/mol. The second kappa shape index (κ2) is 7.68. The van der Waals surface area contributed by atoms with E-state index in [1.165, 1.54) is 0 Å². The van der Waals surface area contributed by atoms with E-state index in [-0.39, 0.29) is 17.1 Å². The maximum absolute atomic E-state index is 9.37. The van der Waals surface area contributed by atoms with E-state index in [1.54, 1.807) is 12.1 Å². The fraction of sp³-hybridized carbons (Fsp3) is 0. The zero-order valence-electron chi connectivity index (χ0n) is 12.3. The van der Waals surface area contributed by atoms with Crippen molar-refractivity contribution < 1.29 is 27.3 Å². The van der Waals surface area contributed by atoms with Crippen molar-refractivity contribution in [3.63, 3.8) is 0 Å². The maximum Gasteiger partial charge on any atom is 0.123 e. The van der Waals surface area contributed by atoms with Crippen LogP contribution in [0.15, 0.2) is 84.9 Å². The minimum atomic E-state index is 0. The molecule has 2 nitrogen and oxygen atoms in total. The summed E-state index contributed by atoms with van der Waals surface area (Å²) < 4.78 is 0. The molecule has 2 N–H and O–H groups in total. The van der Waals surface area contributed by atoms with Gasteiger partial charge in [0.2, 0.25) is 0 Å². The van der Waals surface area contributed by atoms with Gasteiger partial charge in [-0.1, -0.05) is 72.8 Å². The molecule has 0 aliphatic rings. The maximum atomic E-state index is 9.37. The quantitative estimate of drug-likeness (QED) is 0.433. The topological polar surface area (TPSA) is 40.5 Å². The van der Waals surface area contributed by atoms with Gasteiger partial charge < -0.3 is 10.2 Å². The summed E-state index contributed by atoms with van der Waals surface area (Å²) >= 11 is 0. The minimum absolute atomic E-state index is 0. The Morgan fingerprint density at radius 3 is 1.17 bits per heavy atom. The number of rotatable bonds is 0. The Morgan fingerprint density at radius 1 is 0.435 bits per heavy atom. The van der Waals surface area contributed by atoms with E-state index in [0.29, 0.717) is 11.5 Å². The molecule has 0 aliphatic heterocycles. The number of fused-ring (bicyclic) bond motifs is 2. The summed E-state index contributed by atoms with van der Waals surface area (Å²) in [7, 11) is 0. The second-order valence-electron chi connectivity index (χ2n) is 5.00. The summed E-state index contributed by atoms with van der Waals surface area (Å²) in [6.07, 6.45) is 0. The normalized spacial score (nSPS) is 9.74. The molecule has 0 bridgehead atoms. The predicted molar refractivity (Wildman–Crippen MR) is 91.2 cm³/mol. The van der Waals surface area contributed by atoms with Crippen LogP contribution >= 0.6 is 0 Å². The molecule has 0 heterocycles. The van der Waals surface area contributed by atoms with Gasteiger partial charge in [0.25, 0.3) is 0 Å². The van der Waals surface area contributed by atoms with Crippen LogP contribution in [0, 0.1) is 0 Å². The van der Waals surface area contributed by atoms with Crippen LogP contribution in [0.5, 0.6) is 11.5 Å². The Kier molecular flexibility index (Phi) is 5.64. The van der Waals surface area contributed by atoms with Gasteiger partial charge >= 0.3 is 0 Å². The number of phenols is 2. The van der Waals surface area contributed by atoms with Crippen molar-refractivity contribution in [2.75, 3.05) is 0 Å². The average Bonchev–Trinajstić information content (AvgIpc) is 2.57. The van der Waals surface area contributed by atoms with Gasteiger partial charge in [-0.3, -0.25) is 0 Å². The summed E-state index contributed by atoms with van der Waals surface area (Å²) in [5, 5.41) is 22.7. The first-order valence-corrected chi connectivity index (χ1v) is 7.09. The predicted octanol–water partition coefficient (Wildman–Crippen LogP) is 5.09. The molecule has 4 rings (SSSR count). The van der Waals surface area contributed by atoms with Gasteiger partial charge in [0.05, 0.1) is 0 Å². The third kappa shape index (κ3) is 3.84. The van der Waals surface area contributed by atoms with Crippen LogP contribution in [-0.2, 0) is 17.1 Å². The smallest absolute Gasteiger partial charge is 0.123 e. The Morgan fingerprint density at radius 2 is 0.783 bits per heavy atom. The van der Waals surface area contributed by atoms with Crippen LogP contribution in [-0.4, -0.2) is 10.2 Å². The van der Waals surface area contributed by atoms with Crippen molar-refractivity contribution in [1.29, 1.82) is 0 Å². The van der Waals surface area contributed by atoms with Crippen molar-refractivity contribution in [2.45, 2.75) is 0 Å². The van der Waals surface area contributed by atoms with Gasteiger partial charge in [0, 0.05) is 27.8 Å². The van der Waals surface area contributed by atoms with Gasteiger partial charge in [0.15, 0.2) is 0 Å². The number of phenolic OH excluding ortho intramolecular Hbond substituents is 2. The Balaban J connectivity index is 0.000000160. The van der Waals surface area contributed by atoms with Crippen molar-refractivity contribution >= 4 is 21.5 Å². The Bertz CT molecular complexity index is 831. The summed E-state index contributed by atoms with van der Waals surface area (Å²) in [5.74, 6) is 0.700. The Hall–Kier alpha value is -2.48. The van der Waals surface area contributed by atoms with E-state index >= 15 is 0 Å². The van der Waals surface area contributed by atoms with E-state index in [0.717, 1.165) is 21.5 Å². The van der Waals surface area contributed by atoms with E-state index in [1.807, 2.05) is 72.8 Å². The molecule has 0 saturated heterocycles. The molecule has 1 radical (unpaired) electrons. The summed E-state index contributed by atoms with van der Waals surface area (Å²) in [6.45, 7) is 0. The van der Waals surface area contributed by atoms with Crippen LogP contribution < -0.4 is 0 Å². The van der Waals surface area contributed by atoms with Gasteiger partial charge in [-0.15, -0.1) is 0 Å². The fourth-order valence-corrected chi connectivity index (χ4v) is 2.42. The Labute approximate surface area is 145 Å². The molecule has 0 saturated carbocycles. The van der Waals surface area contributed by atoms with Crippen molar-refractivity contribution in [1.82, 2.24) is 0 Å². The molecule has 4 aromatic rings. The zero-order chi connectivity index (χ0) is 15.4. The van der Waals surface area contributed by atoms with E-state index in [2.05, 4.69) is 0 Å². The summed E-state index contributed by atoms with van der Waals surface area (Å²) in [6, 6.07) is 26.6. The van der Waals surface area contributed by atoms with Crippen LogP contribution in [0.25, 0.3) is 21.5 Å². The van der Waals surface area contributed by atoms with E-state index < -0.39 is 0 Å². The number of hydrogen-bond donors (Lipinski definition) is 2. The van der Waals surface area contributed by atoms with E-state index in [9.17, 15) is 10.2 Å². The third-order valence-electron chi connectivity index (χ3n) is 3.53. The molecule has 3 heteroatoms. The van der Waals surface area contributed by atoms with Crippen LogP contribution in [0.1, 0.15) is 0 Å². The molecule has 0 spiro atoms. The summed E-state index contributed by atoms with van der Waals surface area (Å²) in [4.78, 5) is 0. The molecule has 0 atom stereocenters. The first-order valence-electron chi connectivity index (χ1n) is 7.09.